The molecule has 1 aromatic carbocycles. The number of aliphatic hydroxyl groups is 1. The molecule has 5 nitrogen and oxygen atoms in total. The van der Waals surface area contributed by atoms with Gasteiger partial charge in [0.25, 0.3) is 0 Å². The monoisotopic (exact) mass is 415 g/mol. The van der Waals surface area contributed by atoms with Crippen molar-refractivity contribution in [3.63, 3.8) is 0 Å². The number of alkyl halides is 6. The number of carbonyl (C=O) groups excluding carboxylic acids is 1. The van der Waals surface area contributed by atoms with Crippen LogP contribution in [0.4, 0.5) is 26.3 Å². The fraction of sp³-hybridized carbons (Fsp3) is 0.588. The summed E-state index contributed by atoms with van der Waals surface area (Å²) in [6, 6.07) is 3.08. The molecule has 1 saturated carbocycles. The fourth-order valence-corrected chi connectivity index (χ4v) is 2.68. The van der Waals surface area contributed by atoms with Gasteiger partial charge in [-0.25, -0.2) is 4.39 Å². The molecule has 2 N–H and O–H groups in total. The molecule has 1 aromatic rings. The first-order chi connectivity index (χ1) is 12.8. The molecular formula is C17H19F6NO4. The van der Waals surface area contributed by atoms with Crippen molar-refractivity contribution in [2.75, 3.05) is 6.61 Å². The first kappa shape index (κ1) is 22.3. The number of hydrogen-bond acceptors (Lipinski definition) is 4. The minimum absolute atomic E-state index is 0.00298. The van der Waals surface area contributed by atoms with E-state index in [1.165, 1.54) is 12.1 Å². The topological polar surface area (TPSA) is 67.8 Å². The largest absolute Gasteiger partial charge is 0.573 e. The van der Waals surface area contributed by atoms with Gasteiger partial charge in [0, 0.05) is 0 Å². The standard InChI is InChI=1S/C17H19F6NO4/c1-15(26,16(20)5-6-16)8-13(25)24-12(9-27-14(18)19)10-3-2-4-11(7-10)28-17(21,22)23/h2-4,7,12,14,26H,5-6,8-9H2,1H3,(H,24,25)/t12-,15+/m0/s1. The van der Waals surface area contributed by atoms with Gasteiger partial charge < -0.3 is 19.9 Å². The van der Waals surface area contributed by atoms with E-state index < -0.39 is 55.0 Å². The van der Waals surface area contributed by atoms with Crippen LogP contribution in [0, 0.1) is 0 Å². The highest BCUT2D eigenvalue weighted by Crippen LogP contribution is 2.50. The lowest BCUT2D eigenvalue weighted by Crippen LogP contribution is -2.44. The van der Waals surface area contributed by atoms with Crippen molar-refractivity contribution in [1.82, 2.24) is 5.32 Å². The number of carbonyl (C=O) groups is 1. The molecule has 0 aliphatic heterocycles. The van der Waals surface area contributed by atoms with Gasteiger partial charge in [-0.2, -0.15) is 8.78 Å². The summed E-state index contributed by atoms with van der Waals surface area (Å²) in [7, 11) is 0. The molecule has 0 heterocycles. The Balaban J connectivity index is 2.13. The summed E-state index contributed by atoms with van der Waals surface area (Å²) in [4.78, 5) is 12.2. The van der Waals surface area contributed by atoms with Gasteiger partial charge in [-0.15, -0.1) is 13.2 Å². The van der Waals surface area contributed by atoms with E-state index >= 15 is 0 Å². The van der Waals surface area contributed by atoms with Crippen molar-refractivity contribution in [2.45, 2.75) is 56.5 Å². The van der Waals surface area contributed by atoms with Crippen LogP contribution in [0.5, 0.6) is 5.75 Å². The molecule has 0 bridgehead atoms. The quantitative estimate of drug-likeness (QED) is 0.605. The SMILES string of the molecule is C[C@@](O)(CC(=O)N[C@@H](COC(F)F)c1cccc(OC(F)(F)F)c1)C1(F)CC1. The van der Waals surface area contributed by atoms with Crippen molar-refractivity contribution in [1.29, 1.82) is 0 Å². The highest BCUT2D eigenvalue weighted by molar-refractivity contribution is 5.78. The lowest BCUT2D eigenvalue weighted by molar-refractivity contribution is -0.274. The van der Waals surface area contributed by atoms with Gasteiger partial charge in [-0.1, -0.05) is 12.1 Å². The molecule has 0 saturated heterocycles. The molecular weight excluding hydrogens is 396 g/mol. The summed E-state index contributed by atoms with van der Waals surface area (Å²) < 4.78 is 83.9. The van der Waals surface area contributed by atoms with E-state index in [0.29, 0.717) is 0 Å². The summed E-state index contributed by atoms with van der Waals surface area (Å²) >= 11 is 0. The van der Waals surface area contributed by atoms with E-state index in [9.17, 15) is 36.2 Å². The zero-order valence-electron chi connectivity index (χ0n) is 14.7. The van der Waals surface area contributed by atoms with Gasteiger partial charge in [-0.3, -0.25) is 4.79 Å². The zero-order valence-corrected chi connectivity index (χ0v) is 14.7. The van der Waals surface area contributed by atoms with Crippen molar-refractivity contribution in [3.8, 4) is 5.75 Å². The Labute approximate surface area is 156 Å². The molecule has 2 atom stereocenters. The van der Waals surface area contributed by atoms with Crippen LogP contribution in [0.2, 0.25) is 0 Å². The van der Waals surface area contributed by atoms with E-state index in [1.54, 1.807) is 0 Å². The number of rotatable bonds is 9. The molecule has 1 aliphatic carbocycles. The van der Waals surface area contributed by atoms with Crippen LogP contribution in [-0.2, 0) is 9.53 Å². The van der Waals surface area contributed by atoms with E-state index in [4.69, 9.17) is 0 Å². The Morgan fingerprint density at radius 2 is 1.96 bits per heavy atom. The van der Waals surface area contributed by atoms with Crippen LogP contribution in [0.3, 0.4) is 0 Å². The maximum absolute atomic E-state index is 14.1. The molecule has 0 radical (unpaired) electrons. The Bertz CT molecular complexity index is 690. The van der Waals surface area contributed by atoms with Crippen LogP contribution < -0.4 is 10.1 Å². The van der Waals surface area contributed by atoms with Gasteiger partial charge in [-0.05, 0) is 37.5 Å². The minimum atomic E-state index is -4.96. The molecule has 1 fully saturated rings. The maximum atomic E-state index is 14.1. The molecule has 0 spiro atoms. The molecule has 0 aromatic heterocycles. The molecule has 158 valence electrons. The number of nitrogens with one attached hydrogen (secondary N) is 1. The molecule has 1 aliphatic rings. The molecule has 1 amide bonds. The van der Waals surface area contributed by atoms with Gasteiger partial charge in [0.2, 0.25) is 5.91 Å². The van der Waals surface area contributed by atoms with Crippen LogP contribution in [0.25, 0.3) is 0 Å². The third kappa shape index (κ3) is 6.26. The fourth-order valence-electron chi connectivity index (χ4n) is 2.68. The molecule has 2 rings (SSSR count). The first-order valence-corrected chi connectivity index (χ1v) is 8.27. The molecule has 11 heteroatoms. The van der Waals surface area contributed by atoms with Crippen molar-refractivity contribution in [2.24, 2.45) is 0 Å². The summed E-state index contributed by atoms with van der Waals surface area (Å²) in [5.41, 5.74) is -3.87. The Morgan fingerprint density at radius 1 is 1.32 bits per heavy atom. The van der Waals surface area contributed by atoms with Crippen molar-refractivity contribution < 1.29 is 45.7 Å². The van der Waals surface area contributed by atoms with E-state index in [1.807, 2.05) is 0 Å². The number of amides is 1. The smallest absolute Gasteiger partial charge is 0.406 e. The summed E-state index contributed by atoms with van der Waals surface area (Å²) in [6.45, 7) is -2.80. The number of ether oxygens (including phenoxy) is 2. The van der Waals surface area contributed by atoms with Gasteiger partial charge in [0.1, 0.15) is 17.0 Å². The summed E-state index contributed by atoms with van der Waals surface area (Å²) in [6.07, 6.45) is -5.45. The predicted molar refractivity (Wildman–Crippen MR) is 84.3 cm³/mol. The lowest BCUT2D eigenvalue weighted by atomic mass is 9.93. The first-order valence-electron chi connectivity index (χ1n) is 8.27. The average Bonchev–Trinajstić information content (AvgIpc) is 3.29. The van der Waals surface area contributed by atoms with Gasteiger partial charge in [0.05, 0.1) is 19.1 Å². The number of benzene rings is 1. The van der Waals surface area contributed by atoms with Crippen molar-refractivity contribution in [3.05, 3.63) is 29.8 Å². The highest BCUT2D eigenvalue weighted by atomic mass is 19.4. The van der Waals surface area contributed by atoms with E-state index in [2.05, 4.69) is 14.8 Å². The maximum Gasteiger partial charge on any atom is 0.573 e. The van der Waals surface area contributed by atoms with E-state index in [-0.39, 0.29) is 18.4 Å². The normalized spacial score (nSPS) is 19.0. The van der Waals surface area contributed by atoms with Gasteiger partial charge in [0.15, 0.2) is 0 Å². The van der Waals surface area contributed by atoms with Crippen LogP contribution in [-0.4, -0.2) is 41.9 Å². The highest BCUT2D eigenvalue weighted by Gasteiger charge is 2.58. The predicted octanol–water partition coefficient (Wildman–Crippen LogP) is 3.62. The average molecular weight is 415 g/mol. The zero-order chi connectivity index (χ0) is 21.2. The minimum Gasteiger partial charge on any atom is -0.406 e. The van der Waals surface area contributed by atoms with Crippen LogP contribution >= 0.6 is 0 Å². The lowest BCUT2D eigenvalue weighted by Gasteiger charge is -2.28. The van der Waals surface area contributed by atoms with Crippen LogP contribution in [0.15, 0.2) is 24.3 Å². The van der Waals surface area contributed by atoms with Crippen LogP contribution in [0.1, 0.15) is 37.8 Å². The second-order valence-electron chi connectivity index (χ2n) is 6.75. The second kappa shape index (κ2) is 8.16. The molecule has 28 heavy (non-hydrogen) atoms. The number of hydrogen-bond donors (Lipinski definition) is 2. The van der Waals surface area contributed by atoms with E-state index in [0.717, 1.165) is 19.1 Å². The second-order valence-corrected chi connectivity index (χ2v) is 6.75. The third-order valence-electron chi connectivity index (χ3n) is 4.38. The number of halogens is 6. The van der Waals surface area contributed by atoms with Crippen molar-refractivity contribution >= 4 is 5.91 Å². The van der Waals surface area contributed by atoms with Gasteiger partial charge >= 0.3 is 13.0 Å². The Morgan fingerprint density at radius 3 is 2.50 bits per heavy atom. The molecule has 0 unspecified atom stereocenters. The summed E-state index contributed by atoms with van der Waals surface area (Å²) in [5.74, 6) is -1.49. The Kier molecular flexibility index (Phi) is 6.49. The Hall–Kier alpha value is -2.01. The summed E-state index contributed by atoms with van der Waals surface area (Å²) in [5, 5.41) is 12.4. The third-order valence-corrected chi connectivity index (χ3v) is 4.38.